The Hall–Kier alpha value is -1.43. The summed E-state index contributed by atoms with van der Waals surface area (Å²) in [5.74, 6) is 0. The van der Waals surface area contributed by atoms with Gasteiger partial charge in [-0.3, -0.25) is 10.1 Å². The summed E-state index contributed by atoms with van der Waals surface area (Å²) in [7, 11) is -2.91. The Labute approximate surface area is 76.1 Å². The first-order valence-electron chi connectivity index (χ1n) is 3.42. The minimum absolute atomic E-state index is 0.236. The van der Waals surface area contributed by atoms with Crippen molar-refractivity contribution < 1.29 is 13.3 Å². The molecule has 0 atom stereocenters. The summed E-state index contributed by atoms with van der Waals surface area (Å²) < 4.78 is 21.2. The van der Waals surface area contributed by atoms with E-state index in [4.69, 9.17) is 0 Å². The van der Waals surface area contributed by atoms with Crippen LogP contribution in [0.4, 0.5) is 5.69 Å². The summed E-state index contributed by atoms with van der Waals surface area (Å²) in [6.45, 7) is 1.50. The van der Waals surface area contributed by atoms with Gasteiger partial charge in [0.2, 0.25) is 0 Å². The molecule has 0 unspecified atom stereocenters. The summed E-state index contributed by atoms with van der Waals surface area (Å²) in [6, 6.07) is 4.19. The molecule has 0 aromatic heterocycles. The number of para-hydroxylation sites is 1. The van der Waals surface area contributed by atoms with Gasteiger partial charge in [-0.05, 0) is 13.0 Å². The molecule has 0 fully saturated rings. The van der Waals surface area contributed by atoms with Crippen LogP contribution in [-0.4, -0.2) is 13.3 Å². The number of nitro groups is 1. The lowest BCUT2D eigenvalue weighted by Gasteiger charge is -1.97. The van der Waals surface area contributed by atoms with Crippen LogP contribution in [0.25, 0.3) is 0 Å². The van der Waals surface area contributed by atoms with Crippen molar-refractivity contribution in [2.45, 2.75) is 11.8 Å². The monoisotopic (exact) mass is 201 g/mol. The van der Waals surface area contributed by atoms with Crippen LogP contribution in [-0.2, 0) is 10.7 Å². The van der Waals surface area contributed by atoms with E-state index in [0.29, 0.717) is 5.56 Å². The number of benzene rings is 1. The SMILES string of the molecule is Cc1cccc([SH](=O)=O)c1[N+](=O)[O-]. The van der Waals surface area contributed by atoms with Gasteiger partial charge in [0.25, 0.3) is 5.69 Å². The van der Waals surface area contributed by atoms with Gasteiger partial charge < -0.3 is 0 Å². The third-order valence-electron chi connectivity index (χ3n) is 1.60. The summed E-state index contributed by atoms with van der Waals surface area (Å²) in [5.41, 5.74) is 0.0142. The first-order chi connectivity index (χ1) is 6.04. The molecule has 1 aromatic carbocycles. The van der Waals surface area contributed by atoms with Crippen molar-refractivity contribution in [3.05, 3.63) is 33.9 Å². The lowest BCUT2D eigenvalue weighted by Crippen LogP contribution is -1.96. The van der Waals surface area contributed by atoms with E-state index < -0.39 is 15.6 Å². The second kappa shape index (κ2) is 3.53. The van der Waals surface area contributed by atoms with Crippen LogP contribution in [0.15, 0.2) is 23.1 Å². The van der Waals surface area contributed by atoms with E-state index >= 15 is 0 Å². The van der Waals surface area contributed by atoms with Crippen molar-refractivity contribution in [2.75, 3.05) is 0 Å². The number of rotatable bonds is 2. The van der Waals surface area contributed by atoms with Gasteiger partial charge in [0.15, 0.2) is 10.7 Å². The van der Waals surface area contributed by atoms with E-state index in [0.717, 1.165) is 0 Å². The van der Waals surface area contributed by atoms with Crippen LogP contribution >= 0.6 is 0 Å². The maximum atomic E-state index is 10.6. The molecule has 13 heavy (non-hydrogen) atoms. The zero-order valence-corrected chi connectivity index (χ0v) is 7.65. The second-order valence-electron chi connectivity index (χ2n) is 2.46. The van der Waals surface area contributed by atoms with Gasteiger partial charge in [0.05, 0.1) is 4.92 Å². The number of hydrogen-bond donors (Lipinski definition) is 1. The average Bonchev–Trinajstić information content (AvgIpc) is 2.02. The standard InChI is InChI=1S/C7H7NO4S/c1-5-3-2-4-6(13(11)12)7(5)8(9)10/h2-4,13H,1H3. The van der Waals surface area contributed by atoms with Crippen molar-refractivity contribution in [3.8, 4) is 0 Å². The first kappa shape index (κ1) is 9.66. The Morgan fingerprint density at radius 3 is 2.38 bits per heavy atom. The maximum Gasteiger partial charge on any atom is 0.290 e. The minimum atomic E-state index is -2.91. The van der Waals surface area contributed by atoms with Crippen LogP contribution < -0.4 is 0 Å². The van der Waals surface area contributed by atoms with Crippen molar-refractivity contribution in [3.63, 3.8) is 0 Å². The number of nitrogens with zero attached hydrogens (tertiary/aromatic N) is 1. The molecule has 0 heterocycles. The fourth-order valence-electron chi connectivity index (χ4n) is 1.03. The van der Waals surface area contributed by atoms with E-state index in [9.17, 15) is 18.5 Å². The van der Waals surface area contributed by atoms with Gasteiger partial charge in [0.1, 0.15) is 4.90 Å². The zero-order chi connectivity index (χ0) is 10.0. The maximum absolute atomic E-state index is 10.6. The van der Waals surface area contributed by atoms with Gasteiger partial charge >= 0.3 is 0 Å². The number of aryl methyl sites for hydroxylation is 1. The van der Waals surface area contributed by atoms with E-state index in [1.165, 1.54) is 25.1 Å². The Bertz CT molecular complexity index is 417. The third kappa shape index (κ3) is 1.83. The minimum Gasteiger partial charge on any atom is -0.258 e. The molecule has 0 aliphatic heterocycles. The van der Waals surface area contributed by atoms with Crippen LogP contribution in [0.1, 0.15) is 5.56 Å². The molecule has 0 N–H and O–H groups in total. The molecule has 6 heteroatoms. The quantitative estimate of drug-likeness (QED) is 0.437. The van der Waals surface area contributed by atoms with Crippen molar-refractivity contribution >= 4 is 16.4 Å². The molecule has 70 valence electrons. The summed E-state index contributed by atoms with van der Waals surface area (Å²) in [4.78, 5) is 9.56. The zero-order valence-electron chi connectivity index (χ0n) is 6.76. The van der Waals surface area contributed by atoms with Gasteiger partial charge in [-0.25, -0.2) is 8.42 Å². The van der Waals surface area contributed by atoms with E-state index in [2.05, 4.69) is 0 Å². The Morgan fingerprint density at radius 1 is 1.38 bits per heavy atom. The topological polar surface area (TPSA) is 77.3 Å². The number of nitro benzene ring substituents is 1. The highest BCUT2D eigenvalue weighted by atomic mass is 32.2. The predicted molar refractivity (Wildman–Crippen MR) is 46.4 cm³/mol. The molecular formula is C7H7NO4S. The Kier molecular flexibility index (Phi) is 2.62. The third-order valence-corrected chi connectivity index (χ3v) is 2.35. The molecule has 1 rings (SSSR count). The molecular weight excluding hydrogens is 194 g/mol. The molecule has 0 spiro atoms. The van der Waals surface area contributed by atoms with E-state index in [1.807, 2.05) is 0 Å². The van der Waals surface area contributed by atoms with Crippen LogP contribution in [0, 0.1) is 17.0 Å². The Balaban J connectivity index is 3.52. The molecule has 0 saturated carbocycles. The number of hydrogen-bond acceptors (Lipinski definition) is 4. The highest BCUT2D eigenvalue weighted by Gasteiger charge is 2.17. The van der Waals surface area contributed by atoms with Crippen LogP contribution in [0.5, 0.6) is 0 Å². The fraction of sp³-hybridized carbons (Fsp3) is 0.143. The molecule has 0 bridgehead atoms. The van der Waals surface area contributed by atoms with Crippen molar-refractivity contribution in [2.24, 2.45) is 0 Å². The Morgan fingerprint density at radius 2 is 2.00 bits per heavy atom. The molecule has 0 aliphatic rings. The summed E-state index contributed by atoms with van der Waals surface area (Å²) >= 11 is 0. The first-order valence-corrected chi connectivity index (χ1v) is 4.60. The van der Waals surface area contributed by atoms with Gasteiger partial charge in [-0.2, -0.15) is 0 Å². The summed E-state index contributed by atoms with van der Waals surface area (Å²) in [5, 5.41) is 10.5. The lowest BCUT2D eigenvalue weighted by molar-refractivity contribution is -0.388. The molecule has 0 aliphatic carbocycles. The van der Waals surface area contributed by atoms with Gasteiger partial charge in [-0.15, -0.1) is 0 Å². The van der Waals surface area contributed by atoms with Crippen molar-refractivity contribution in [1.29, 1.82) is 0 Å². The van der Waals surface area contributed by atoms with Crippen molar-refractivity contribution in [1.82, 2.24) is 0 Å². The van der Waals surface area contributed by atoms with E-state index in [-0.39, 0.29) is 10.6 Å². The highest BCUT2D eigenvalue weighted by Crippen LogP contribution is 2.23. The van der Waals surface area contributed by atoms with Gasteiger partial charge in [0, 0.05) is 5.56 Å². The molecule has 1 aromatic rings. The van der Waals surface area contributed by atoms with Crippen LogP contribution in [0.3, 0.4) is 0 Å². The smallest absolute Gasteiger partial charge is 0.258 e. The fourth-order valence-corrected chi connectivity index (χ4v) is 1.67. The van der Waals surface area contributed by atoms with E-state index in [1.54, 1.807) is 0 Å². The average molecular weight is 201 g/mol. The molecule has 0 radical (unpaired) electrons. The molecule has 5 nitrogen and oxygen atoms in total. The lowest BCUT2D eigenvalue weighted by atomic mass is 10.2. The van der Waals surface area contributed by atoms with Crippen LogP contribution in [0.2, 0.25) is 0 Å². The van der Waals surface area contributed by atoms with Gasteiger partial charge in [-0.1, -0.05) is 12.1 Å². The number of thiol groups is 1. The second-order valence-corrected chi connectivity index (χ2v) is 3.45. The molecule has 0 saturated heterocycles. The predicted octanol–water partition coefficient (Wildman–Crippen LogP) is 0.874. The highest BCUT2D eigenvalue weighted by molar-refractivity contribution is 7.72. The normalized spacial score (nSPS) is 10.3. The molecule has 0 amide bonds. The largest absolute Gasteiger partial charge is 0.290 e. The summed E-state index contributed by atoms with van der Waals surface area (Å²) in [6.07, 6.45) is 0.